The highest BCUT2D eigenvalue weighted by Gasteiger charge is 2.45. The number of ether oxygens (including phenoxy) is 1. The van der Waals surface area contributed by atoms with Gasteiger partial charge in [0, 0.05) is 49.8 Å². The topological polar surface area (TPSA) is 126 Å². The molecule has 0 bridgehead atoms. The summed E-state index contributed by atoms with van der Waals surface area (Å²) in [6, 6.07) is 4.21. The number of aryl methyl sites for hydroxylation is 1. The largest absolute Gasteiger partial charge is 0.444 e. The summed E-state index contributed by atoms with van der Waals surface area (Å²) < 4.78 is 7.15. The van der Waals surface area contributed by atoms with Crippen molar-refractivity contribution in [3.63, 3.8) is 0 Å². The van der Waals surface area contributed by atoms with Crippen molar-refractivity contribution in [1.29, 1.82) is 0 Å². The number of allylic oxidation sites excluding steroid dienone is 1. The van der Waals surface area contributed by atoms with Crippen LogP contribution < -0.4 is 10.6 Å². The van der Waals surface area contributed by atoms with E-state index in [1.165, 1.54) is 0 Å². The van der Waals surface area contributed by atoms with Gasteiger partial charge in [0.25, 0.3) is 11.8 Å². The van der Waals surface area contributed by atoms with Gasteiger partial charge in [-0.2, -0.15) is 5.10 Å². The summed E-state index contributed by atoms with van der Waals surface area (Å²) in [5.41, 5.74) is 2.01. The molecule has 2 N–H and O–H groups in total. The van der Waals surface area contributed by atoms with Crippen LogP contribution in [0.1, 0.15) is 66.3 Å². The minimum Gasteiger partial charge on any atom is -0.444 e. The Balaban J connectivity index is 1.34. The molecule has 4 rings (SSSR count). The zero-order valence-electron chi connectivity index (χ0n) is 22.2. The van der Waals surface area contributed by atoms with E-state index in [1.807, 2.05) is 27.0 Å². The molecule has 1 fully saturated rings. The Kier molecular flexibility index (Phi) is 7.56. The minimum absolute atomic E-state index is 0.271. The number of nitrogens with one attached hydrogen (secondary N) is 2. The average Bonchev–Trinajstić information content (AvgIpc) is 3.39. The molecule has 1 unspecified atom stereocenters. The van der Waals surface area contributed by atoms with Crippen LogP contribution in [0.5, 0.6) is 0 Å². The Bertz CT molecular complexity index is 1280. The van der Waals surface area contributed by atoms with Gasteiger partial charge in [-0.15, -0.1) is 0 Å². The van der Waals surface area contributed by atoms with Crippen molar-refractivity contribution in [1.82, 2.24) is 24.9 Å². The number of hydrogen-bond donors (Lipinski definition) is 2. The van der Waals surface area contributed by atoms with Gasteiger partial charge in [-0.1, -0.05) is 12.6 Å². The first kappa shape index (κ1) is 26.9. The molecule has 1 aromatic carbocycles. The lowest BCUT2D eigenvalue weighted by atomic mass is 10.0. The van der Waals surface area contributed by atoms with E-state index in [-0.39, 0.29) is 17.2 Å². The summed E-state index contributed by atoms with van der Waals surface area (Å²) in [6.07, 6.45) is 4.82. The molecule has 2 aromatic rings. The van der Waals surface area contributed by atoms with Crippen LogP contribution in [0.2, 0.25) is 0 Å². The molecule has 2 aliphatic rings. The number of hydrogen-bond acceptors (Lipinski definition) is 7. The maximum Gasteiger partial charge on any atom is 0.410 e. The van der Waals surface area contributed by atoms with E-state index < -0.39 is 29.4 Å². The second-order valence-corrected chi connectivity index (χ2v) is 10.6. The second kappa shape index (κ2) is 10.7. The lowest BCUT2D eigenvalue weighted by Gasteiger charge is -2.29. The number of aromatic nitrogens is 2. The van der Waals surface area contributed by atoms with E-state index in [2.05, 4.69) is 22.3 Å². The highest BCUT2D eigenvalue weighted by Crippen LogP contribution is 2.33. The van der Waals surface area contributed by atoms with Crippen molar-refractivity contribution in [3.05, 3.63) is 59.6 Å². The van der Waals surface area contributed by atoms with E-state index in [1.54, 1.807) is 41.0 Å². The van der Waals surface area contributed by atoms with Crippen molar-refractivity contribution in [2.24, 2.45) is 0 Å². The molecule has 0 aliphatic carbocycles. The Hall–Kier alpha value is -4.15. The zero-order valence-corrected chi connectivity index (χ0v) is 22.2. The third-order valence-corrected chi connectivity index (χ3v) is 6.34. The van der Waals surface area contributed by atoms with Gasteiger partial charge in [-0.05, 0) is 52.2 Å². The highest BCUT2D eigenvalue weighted by molar-refractivity contribution is 6.25. The molecule has 1 aromatic heterocycles. The third-order valence-electron chi connectivity index (χ3n) is 6.34. The Labute approximate surface area is 221 Å². The maximum absolute atomic E-state index is 13.3. The number of nitrogens with zero attached hydrogens (tertiary/aromatic N) is 4. The van der Waals surface area contributed by atoms with Gasteiger partial charge in [0.2, 0.25) is 5.91 Å². The van der Waals surface area contributed by atoms with Gasteiger partial charge in [0.15, 0.2) is 0 Å². The number of benzene rings is 1. The zero-order chi connectivity index (χ0) is 27.6. The first-order chi connectivity index (χ1) is 17.9. The Morgan fingerprint density at radius 3 is 2.74 bits per heavy atom. The first-order valence-corrected chi connectivity index (χ1v) is 12.6. The summed E-state index contributed by atoms with van der Waals surface area (Å²) in [7, 11) is 1.70. The molecule has 1 saturated heterocycles. The number of amides is 4. The van der Waals surface area contributed by atoms with Crippen molar-refractivity contribution >= 4 is 29.5 Å². The first-order valence-electron chi connectivity index (χ1n) is 12.6. The fourth-order valence-corrected chi connectivity index (χ4v) is 4.46. The average molecular weight is 523 g/mol. The maximum atomic E-state index is 13.3. The lowest BCUT2D eigenvalue weighted by Crippen LogP contribution is -2.51. The molecule has 38 heavy (non-hydrogen) atoms. The quantitative estimate of drug-likeness (QED) is 0.510. The SMILES string of the molecule is C=C1CCC(N2C(=O)c3cccc(NCc4cnn(CCCN(C)C(=O)OC(C)(C)C)c4)c3C2=O)C(=O)N1. The molecule has 11 nitrogen and oxygen atoms in total. The van der Waals surface area contributed by atoms with Gasteiger partial charge in [-0.25, -0.2) is 4.79 Å². The molecular weight excluding hydrogens is 488 g/mol. The van der Waals surface area contributed by atoms with E-state index in [4.69, 9.17) is 4.74 Å². The molecule has 202 valence electrons. The van der Waals surface area contributed by atoms with Gasteiger partial charge in [0.1, 0.15) is 11.6 Å². The normalized spacial score (nSPS) is 17.4. The van der Waals surface area contributed by atoms with E-state index in [0.717, 1.165) is 10.5 Å². The summed E-state index contributed by atoms with van der Waals surface area (Å²) in [5.74, 6) is -1.34. The summed E-state index contributed by atoms with van der Waals surface area (Å²) in [4.78, 5) is 53.5. The van der Waals surface area contributed by atoms with Crippen molar-refractivity contribution in [2.45, 2.75) is 64.8 Å². The number of rotatable bonds is 8. The second-order valence-electron chi connectivity index (χ2n) is 10.6. The van der Waals surface area contributed by atoms with Crippen molar-refractivity contribution in [3.8, 4) is 0 Å². The smallest absolute Gasteiger partial charge is 0.410 e. The molecule has 11 heteroatoms. The lowest BCUT2D eigenvalue weighted by molar-refractivity contribution is -0.125. The summed E-state index contributed by atoms with van der Waals surface area (Å²) in [6.45, 7) is 10.8. The van der Waals surface area contributed by atoms with Crippen LogP contribution in [-0.2, 0) is 22.6 Å². The van der Waals surface area contributed by atoms with Crippen LogP contribution in [0.25, 0.3) is 0 Å². The van der Waals surface area contributed by atoms with Crippen molar-refractivity contribution < 1.29 is 23.9 Å². The van der Waals surface area contributed by atoms with Crippen LogP contribution in [0, 0.1) is 0 Å². The molecule has 3 heterocycles. The molecule has 1 atom stereocenters. The summed E-state index contributed by atoms with van der Waals surface area (Å²) in [5, 5.41) is 10.3. The minimum atomic E-state index is -0.853. The van der Waals surface area contributed by atoms with Crippen LogP contribution in [0.4, 0.5) is 10.5 Å². The van der Waals surface area contributed by atoms with Gasteiger partial charge in [-0.3, -0.25) is 24.0 Å². The number of imide groups is 1. The molecule has 0 radical (unpaired) electrons. The van der Waals surface area contributed by atoms with Gasteiger partial charge < -0.3 is 20.3 Å². The predicted molar refractivity (Wildman–Crippen MR) is 140 cm³/mol. The fourth-order valence-electron chi connectivity index (χ4n) is 4.46. The standard InChI is InChI=1S/C27H34N6O5/c1-17-10-11-21(23(34)30-17)33-24(35)19-8-6-9-20(22(19)25(33)36)28-14-18-15-29-32(16-18)13-7-12-31(5)26(37)38-27(2,3)4/h6,8-9,15-16,21,28H,1,7,10-14H2,2-5H3,(H,30,34). The van der Waals surface area contributed by atoms with Crippen molar-refractivity contribution in [2.75, 3.05) is 18.9 Å². The molecular formula is C27H34N6O5. The van der Waals surface area contributed by atoms with Gasteiger partial charge in [0.05, 0.1) is 17.3 Å². The fraction of sp³-hybridized carbons (Fsp3) is 0.444. The Morgan fingerprint density at radius 1 is 1.26 bits per heavy atom. The predicted octanol–water partition coefficient (Wildman–Crippen LogP) is 3.14. The van der Waals surface area contributed by atoms with E-state index in [9.17, 15) is 19.2 Å². The highest BCUT2D eigenvalue weighted by atomic mass is 16.6. The van der Waals surface area contributed by atoms with Crippen LogP contribution in [-0.4, -0.2) is 68.6 Å². The van der Waals surface area contributed by atoms with Crippen LogP contribution in [0.15, 0.2) is 42.9 Å². The van der Waals surface area contributed by atoms with Crippen LogP contribution in [0.3, 0.4) is 0 Å². The Morgan fingerprint density at radius 2 is 2.03 bits per heavy atom. The number of piperidine rings is 1. The molecule has 0 spiro atoms. The van der Waals surface area contributed by atoms with E-state index >= 15 is 0 Å². The number of fused-ring (bicyclic) bond motifs is 1. The van der Waals surface area contributed by atoms with E-state index in [0.29, 0.717) is 50.3 Å². The number of anilines is 1. The molecule has 2 aliphatic heterocycles. The number of carbonyl (C=O) groups excluding carboxylic acids is 4. The monoisotopic (exact) mass is 522 g/mol. The number of carbonyl (C=O) groups is 4. The molecule has 4 amide bonds. The third kappa shape index (κ3) is 5.87. The van der Waals surface area contributed by atoms with Gasteiger partial charge >= 0.3 is 6.09 Å². The van der Waals surface area contributed by atoms with Crippen LogP contribution >= 0.6 is 0 Å². The molecule has 0 saturated carbocycles. The summed E-state index contributed by atoms with van der Waals surface area (Å²) >= 11 is 0.